The maximum atomic E-state index is 13.3. The number of rotatable bonds is 7. The highest BCUT2D eigenvalue weighted by molar-refractivity contribution is 5.26. The van der Waals surface area contributed by atoms with E-state index in [4.69, 9.17) is 0 Å². The third kappa shape index (κ3) is 4.09. The van der Waals surface area contributed by atoms with Gasteiger partial charge in [-0.25, -0.2) is 4.39 Å². The molecular weight excluding hydrogens is 225 g/mol. The first-order chi connectivity index (χ1) is 8.62. The Labute approximate surface area is 111 Å². The molecule has 0 saturated carbocycles. The molecule has 0 aliphatic heterocycles. The van der Waals surface area contributed by atoms with E-state index in [0.29, 0.717) is 6.04 Å². The topological polar surface area (TPSA) is 12.0 Å². The zero-order valence-corrected chi connectivity index (χ0v) is 12.1. The number of halogens is 1. The lowest BCUT2D eigenvalue weighted by Crippen LogP contribution is -2.23. The van der Waals surface area contributed by atoms with Gasteiger partial charge in [-0.3, -0.25) is 0 Å². The summed E-state index contributed by atoms with van der Waals surface area (Å²) in [4.78, 5) is 0. The van der Waals surface area contributed by atoms with Crippen molar-refractivity contribution in [2.45, 2.75) is 53.0 Å². The summed E-state index contributed by atoms with van der Waals surface area (Å²) in [6.45, 7) is 9.39. The summed E-state index contributed by atoms with van der Waals surface area (Å²) < 4.78 is 13.3. The molecule has 1 unspecified atom stereocenters. The first kappa shape index (κ1) is 15.2. The Morgan fingerprint density at radius 2 is 1.83 bits per heavy atom. The van der Waals surface area contributed by atoms with Gasteiger partial charge in [-0.2, -0.15) is 0 Å². The van der Waals surface area contributed by atoms with Crippen molar-refractivity contribution in [3.05, 3.63) is 35.1 Å². The summed E-state index contributed by atoms with van der Waals surface area (Å²) >= 11 is 0. The second-order valence-electron chi connectivity index (χ2n) is 5.04. The first-order valence-electron chi connectivity index (χ1n) is 7.11. The quantitative estimate of drug-likeness (QED) is 0.746. The molecule has 1 aromatic carbocycles. The number of nitrogens with one attached hydrogen (secondary N) is 1. The number of aryl methyl sites for hydroxylation is 1. The van der Waals surface area contributed by atoms with E-state index in [2.05, 4.69) is 26.1 Å². The van der Waals surface area contributed by atoms with Gasteiger partial charge in [0.05, 0.1) is 0 Å². The summed E-state index contributed by atoms with van der Waals surface area (Å²) in [5.41, 5.74) is 1.95. The molecule has 1 atom stereocenters. The van der Waals surface area contributed by atoms with Gasteiger partial charge in [0.15, 0.2) is 0 Å². The average molecular weight is 251 g/mol. The van der Waals surface area contributed by atoms with E-state index in [0.717, 1.165) is 24.4 Å². The standard InChI is InChI=1S/C16H26FN/c1-5-13(6-2)11-16(18-7-3)14-8-9-15(17)12(4)10-14/h8-10,13,16,18H,5-7,11H2,1-4H3. The summed E-state index contributed by atoms with van der Waals surface area (Å²) in [5, 5.41) is 3.52. The van der Waals surface area contributed by atoms with Crippen molar-refractivity contribution in [1.82, 2.24) is 5.32 Å². The first-order valence-corrected chi connectivity index (χ1v) is 7.11. The zero-order valence-electron chi connectivity index (χ0n) is 12.1. The van der Waals surface area contributed by atoms with Crippen molar-refractivity contribution in [1.29, 1.82) is 0 Å². The molecule has 0 spiro atoms. The summed E-state index contributed by atoms with van der Waals surface area (Å²) in [5.74, 6) is 0.621. The van der Waals surface area contributed by atoms with Crippen LogP contribution in [0.15, 0.2) is 18.2 Å². The van der Waals surface area contributed by atoms with Crippen LogP contribution in [0.25, 0.3) is 0 Å². The van der Waals surface area contributed by atoms with Crippen LogP contribution in [0.4, 0.5) is 4.39 Å². The molecule has 1 N–H and O–H groups in total. The molecule has 102 valence electrons. The van der Waals surface area contributed by atoms with E-state index in [1.165, 1.54) is 18.4 Å². The SMILES string of the molecule is CCNC(CC(CC)CC)c1ccc(F)c(C)c1. The minimum Gasteiger partial charge on any atom is -0.310 e. The predicted molar refractivity (Wildman–Crippen MR) is 76.2 cm³/mol. The van der Waals surface area contributed by atoms with Crippen molar-refractivity contribution in [2.24, 2.45) is 5.92 Å². The van der Waals surface area contributed by atoms with Crippen molar-refractivity contribution < 1.29 is 4.39 Å². The molecular formula is C16H26FN. The van der Waals surface area contributed by atoms with Crippen molar-refractivity contribution >= 4 is 0 Å². The van der Waals surface area contributed by atoms with Crippen molar-refractivity contribution in [3.63, 3.8) is 0 Å². The van der Waals surface area contributed by atoms with E-state index < -0.39 is 0 Å². The maximum Gasteiger partial charge on any atom is 0.126 e. The minimum absolute atomic E-state index is 0.114. The summed E-state index contributed by atoms with van der Waals surface area (Å²) in [7, 11) is 0. The van der Waals surface area contributed by atoms with Gasteiger partial charge in [-0.15, -0.1) is 0 Å². The summed E-state index contributed by atoms with van der Waals surface area (Å²) in [6.07, 6.45) is 3.54. The van der Waals surface area contributed by atoms with Crippen LogP contribution in [-0.4, -0.2) is 6.54 Å². The van der Waals surface area contributed by atoms with Gasteiger partial charge < -0.3 is 5.32 Å². The molecule has 0 fully saturated rings. The Kier molecular flexibility index (Phi) is 6.34. The highest BCUT2D eigenvalue weighted by Crippen LogP contribution is 2.26. The van der Waals surface area contributed by atoms with Crippen LogP contribution in [0, 0.1) is 18.7 Å². The molecule has 0 bridgehead atoms. The molecule has 0 radical (unpaired) electrons. The minimum atomic E-state index is -0.114. The zero-order chi connectivity index (χ0) is 13.5. The van der Waals surface area contributed by atoms with Gasteiger partial charge in [0.25, 0.3) is 0 Å². The molecule has 0 amide bonds. The lowest BCUT2D eigenvalue weighted by molar-refractivity contribution is 0.375. The largest absolute Gasteiger partial charge is 0.310 e. The maximum absolute atomic E-state index is 13.3. The second kappa shape index (κ2) is 7.52. The van der Waals surface area contributed by atoms with E-state index in [1.807, 2.05) is 19.1 Å². The normalized spacial score (nSPS) is 13.0. The fourth-order valence-corrected chi connectivity index (χ4v) is 2.42. The van der Waals surface area contributed by atoms with Crippen LogP contribution in [-0.2, 0) is 0 Å². The molecule has 1 rings (SSSR count). The van der Waals surface area contributed by atoms with E-state index in [1.54, 1.807) is 6.07 Å². The van der Waals surface area contributed by atoms with Crippen LogP contribution < -0.4 is 5.32 Å². The number of hydrogen-bond donors (Lipinski definition) is 1. The molecule has 1 nitrogen and oxygen atoms in total. The van der Waals surface area contributed by atoms with Gasteiger partial charge in [0.2, 0.25) is 0 Å². The van der Waals surface area contributed by atoms with Crippen LogP contribution in [0.3, 0.4) is 0 Å². The Morgan fingerprint density at radius 1 is 1.17 bits per heavy atom. The lowest BCUT2D eigenvalue weighted by atomic mass is 9.90. The lowest BCUT2D eigenvalue weighted by Gasteiger charge is -2.23. The average Bonchev–Trinajstić information content (AvgIpc) is 2.38. The number of benzene rings is 1. The highest BCUT2D eigenvalue weighted by atomic mass is 19.1. The fourth-order valence-electron chi connectivity index (χ4n) is 2.42. The molecule has 0 aliphatic carbocycles. The molecule has 0 aliphatic rings. The third-order valence-corrected chi connectivity index (χ3v) is 3.76. The second-order valence-corrected chi connectivity index (χ2v) is 5.04. The summed E-state index contributed by atoms with van der Waals surface area (Å²) in [6, 6.07) is 5.82. The Bertz CT molecular complexity index is 358. The molecule has 2 heteroatoms. The monoisotopic (exact) mass is 251 g/mol. The predicted octanol–water partition coefficient (Wildman–Crippen LogP) is 4.61. The van der Waals surface area contributed by atoms with Gasteiger partial charge >= 0.3 is 0 Å². The van der Waals surface area contributed by atoms with Gasteiger partial charge in [-0.05, 0) is 43.0 Å². The van der Waals surface area contributed by atoms with Crippen molar-refractivity contribution in [3.8, 4) is 0 Å². The van der Waals surface area contributed by atoms with Crippen LogP contribution in [0.5, 0.6) is 0 Å². The molecule has 0 saturated heterocycles. The van der Waals surface area contributed by atoms with Crippen LogP contribution in [0.2, 0.25) is 0 Å². The Balaban J connectivity index is 2.85. The number of hydrogen-bond acceptors (Lipinski definition) is 1. The van der Waals surface area contributed by atoms with Crippen LogP contribution >= 0.6 is 0 Å². The fraction of sp³-hybridized carbons (Fsp3) is 0.625. The molecule has 1 aromatic rings. The van der Waals surface area contributed by atoms with Crippen molar-refractivity contribution in [2.75, 3.05) is 6.54 Å². The highest BCUT2D eigenvalue weighted by Gasteiger charge is 2.16. The molecule has 18 heavy (non-hydrogen) atoms. The van der Waals surface area contributed by atoms with E-state index in [9.17, 15) is 4.39 Å². The third-order valence-electron chi connectivity index (χ3n) is 3.76. The van der Waals surface area contributed by atoms with Crippen LogP contribution in [0.1, 0.15) is 57.2 Å². The van der Waals surface area contributed by atoms with Gasteiger partial charge in [-0.1, -0.05) is 45.7 Å². The van der Waals surface area contributed by atoms with E-state index in [-0.39, 0.29) is 5.82 Å². The Morgan fingerprint density at radius 3 is 2.33 bits per heavy atom. The van der Waals surface area contributed by atoms with Gasteiger partial charge in [0, 0.05) is 6.04 Å². The smallest absolute Gasteiger partial charge is 0.126 e. The Hall–Kier alpha value is -0.890. The molecule has 0 aromatic heterocycles. The van der Waals surface area contributed by atoms with E-state index >= 15 is 0 Å². The molecule has 0 heterocycles. The van der Waals surface area contributed by atoms with Gasteiger partial charge in [0.1, 0.15) is 5.82 Å².